The number of esters is 2. The molecule has 0 aromatic heterocycles. The molecule has 0 bridgehead atoms. The largest absolute Gasteiger partial charge is 0.504 e. The van der Waals surface area contributed by atoms with E-state index in [0.717, 1.165) is 0 Å². The molecule has 0 heterocycles. The average Bonchev–Trinajstić information content (AvgIpc) is 2.88. The van der Waals surface area contributed by atoms with Gasteiger partial charge < -0.3 is 28.8 Å². The number of phenolic OH excluding ortho intramolecular Hbond substituents is 1. The maximum Gasteiger partial charge on any atom is 0.349 e. The first kappa shape index (κ1) is 36.4. The van der Waals surface area contributed by atoms with Crippen LogP contribution in [0, 0.1) is 0 Å². The molecule has 0 fully saturated rings. The lowest BCUT2D eigenvalue weighted by molar-refractivity contribution is -0.158. The van der Waals surface area contributed by atoms with Gasteiger partial charge in [-0.25, -0.2) is 4.79 Å². The Morgan fingerprint density at radius 3 is 1.80 bits per heavy atom. The molecule has 2 aromatic rings. The van der Waals surface area contributed by atoms with Crippen LogP contribution in [-0.4, -0.2) is 67.0 Å². The number of benzene rings is 2. The highest BCUT2D eigenvalue weighted by atomic mass is 79.9. The first-order valence-electron chi connectivity index (χ1n) is 12.3. The van der Waals surface area contributed by atoms with Gasteiger partial charge in [-0.2, -0.15) is 0 Å². The Morgan fingerprint density at radius 1 is 0.850 bits per heavy atom. The highest BCUT2D eigenvalue weighted by Crippen LogP contribution is 2.33. The number of methoxy groups -OCH3 is 2. The quantitative estimate of drug-likeness (QED) is 0.192. The molecule has 0 unspecified atom stereocenters. The molecule has 0 amide bonds. The molecule has 0 aliphatic carbocycles. The number of carbonyl (C=O) groups excluding carboxylic acids is 4. The summed E-state index contributed by atoms with van der Waals surface area (Å²) in [6.45, 7) is 11.3. The minimum absolute atomic E-state index is 0.106. The van der Waals surface area contributed by atoms with Crippen molar-refractivity contribution in [1.82, 2.24) is 0 Å². The Bertz CT molecular complexity index is 1110. The number of aldehydes is 2. The van der Waals surface area contributed by atoms with E-state index in [1.807, 2.05) is 13.8 Å². The van der Waals surface area contributed by atoms with Gasteiger partial charge in [0.1, 0.15) is 0 Å². The van der Waals surface area contributed by atoms with Crippen LogP contribution in [0.3, 0.4) is 0 Å². The average molecular weight is 628 g/mol. The second-order valence-corrected chi connectivity index (χ2v) is 11.2. The Morgan fingerprint density at radius 2 is 1.35 bits per heavy atom. The first-order chi connectivity index (χ1) is 18.7. The summed E-state index contributed by atoms with van der Waals surface area (Å²) in [5.41, 5.74) is -0.649. The lowest BCUT2D eigenvalue weighted by atomic mass is 10.1. The molecular weight excluding hydrogens is 588 g/mol. The monoisotopic (exact) mass is 626 g/mol. The van der Waals surface area contributed by atoms with Crippen molar-refractivity contribution >= 4 is 40.4 Å². The molecule has 2 aromatic carbocycles. The van der Waals surface area contributed by atoms with Crippen LogP contribution in [-0.2, 0) is 19.1 Å². The van der Waals surface area contributed by atoms with Crippen molar-refractivity contribution in [2.75, 3.05) is 27.4 Å². The van der Waals surface area contributed by atoms with Crippen LogP contribution in [0.2, 0.25) is 0 Å². The van der Waals surface area contributed by atoms with Crippen molar-refractivity contribution in [2.24, 2.45) is 0 Å². The molecule has 40 heavy (non-hydrogen) atoms. The summed E-state index contributed by atoms with van der Waals surface area (Å²) < 4.78 is 25.1. The number of carbonyl (C=O) groups is 4. The maximum atomic E-state index is 11.8. The van der Waals surface area contributed by atoms with E-state index >= 15 is 0 Å². The van der Waals surface area contributed by atoms with Crippen molar-refractivity contribution in [3.63, 3.8) is 0 Å². The molecule has 0 aliphatic rings. The summed E-state index contributed by atoms with van der Waals surface area (Å²) in [5.74, 6) is 0.182. The van der Waals surface area contributed by atoms with Crippen LogP contribution >= 0.6 is 15.9 Å². The molecule has 0 radical (unpaired) electrons. The van der Waals surface area contributed by atoms with Gasteiger partial charge in [0.2, 0.25) is 0 Å². The van der Waals surface area contributed by atoms with Gasteiger partial charge in [-0.15, -0.1) is 0 Å². The maximum absolute atomic E-state index is 11.8. The predicted octanol–water partition coefficient (Wildman–Crippen LogP) is 5.55. The van der Waals surface area contributed by atoms with Crippen molar-refractivity contribution in [3.8, 4) is 23.0 Å². The number of para-hydroxylation sites is 2. The number of aromatic hydroxyl groups is 1. The molecule has 11 heteroatoms. The fourth-order valence-electron chi connectivity index (χ4n) is 2.85. The van der Waals surface area contributed by atoms with Gasteiger partial charge in [-0.1, -0.05) is 28.1 Å². The smallest absolute Gasteiger partial charge is 0.349 e. The molecule has 0 saturated carbocycles. The Labute approximate surface area is 244 Å². The molecule has 2 rings (SSSR count). The third-order valence-corrected chi connectivity index (χ3v) is 5.01. The fourth-order valence-corrected chi connectivity index (χ4v) is 3.08. The molecule has 222 valence electrons. The van der Waals surface area contributed by atoms with Crippen LogP contribution < -0.4 is 14.2 Å². The molecule has 0 saturated heterocycles. The van der Waals surface area contributed by atoms with Crippen molar-refractivity contribution in [1.29, 1.82) is 0 Å². The van der Waals surface area contributed by atoms with Crippen molar-refractivity contribution < 1.29 is 48.0 Å². The van der Waals surface area contributed by atoms with E-state index < -0.39 is 11.6 Å². The van der Waals surface area contributed by atoms with Crippen molar-refractivity contribution in [3.05, 3.63) is 47.5 Å². The lowest BCUT2D eigenvalue weighted by Crippen LogP contribution is -2.40. The standard InChI is InChI=1S/C14H18O5.C8H8O3.C7H13BrO2/c1-5-18-13(16)14(2,3)19-12-10(9-15)7-6-8-11(12)17-4;1-11-7-4-2-3-6(5-9)8(7)10;1-4-10-6(9)5-7(2,3)8/h6-9H,5H2,1-4H3;2-5,10H,1H3;4-5H2,1-3H3. The number of phenols is 1. The van der Waals surface area contributed by atoms with Gasteiger partial charge in [0, 0.05) is 4.32 Å². The molecule has 10 nitrogen and oxygen atoms in total. The molecule has 0 spiro atoms. The summed E-state index contributed by atoms with van der Waals surface area (Å²) >= 11 is 3.35. The van der Waals surface area contributed by atoms with Crippen LogP contribution in [0.15, 0.2) is 36.4 Å². The van der Waals surface area contributed by atoms with Gasteiger partial charge in [0.05, 0.1) is 45.0 Å². The van der Waals surface area contributed by atoms with E-state index in [0.29, 0.717) is 42.7 Å². The minimum atomic E-state index is -1.21. The number of halogens is 1. The van der Waals surface area contributed by atoms with Crippen LogP contribution in [0.5, 0.6) is 23.0 Å². The second kappa shape index (κ2) is 17.9. The highest BCUT2D eigenvalue weighted by Gasteiger charge is 2.33. The highest BCUT2D eigenvalue weighted by molar-refractivity contribution is 9.10. The summed E-state index contributed by atoms with van der Waals surface area (Å²) in [6, 6.07) is 9.66. The number of hydrogen-bond acceptors (Lipinski definition) is 10. The minimum Gasteiger partial charge on any atom is -0.504 e. The topological polar surface area (TPSA) is 135 Å². The summed E-state index contributed by atoms with van der Waals surface area (Å²) in [7, 11) is 2.90. The van der Waals surface area contributed by atoms with Crippen LogP contribution in [0.4, 0.5) is 0 Å². The molecule has 0 atom stereocenters. The number of ether oxygens (including phenoxy) is 5. The Kier molecular flexibility index (Phi) is 16.3. The van der Waals surface area contributed by atoms with Gasteiger partial charge in [-0.3, -0.25) is 14.4 Å². The zero-order chi connectivity index (χ0) is 30.9. The van der Waals surface area contributed by atoms with Gasteiger partial charge in [0.15, 0.2) is 41.2 Å². The van der Waals surface area contributed by atoms with E-state index in [2.05, 4.69) is 15.9 Å². The van der Waals surface area contributed by atoms with E-state index in [1.54, 1.807) is 58.0 Å². The Hall–Kier alpha value is -3.60. The van der Waals surface area contributed by atoms with Crippen LogP contribution in [0.25, 0.3) is 0 Å². The van der Waals surface area contributed by atoms with Gasteiger partial charge >= 0.3 is 11.9 Å². The van der Waals surface area contributed by atoms with Crippen LogP contribution in [0.1, 0.15) is 68.7 Å². The zero-order valence-electron chi connectivity index (χ0n) is 24.2. The number of alkyl halides is 1. The summed E-state index contributed by atoms with van der Waals surface area (Å²) in [5, 5.41) is 9.23. The first-order valence-corrected chi connectivity index (χ1v) is 13.1. The lowest BCUT2D eigenvalue weighted by Gasteiger charge is -2.25. The zero-order valence-corrected chi connectivity index (χ0v) is 25.8. The molecule has 1 N–H and O–H groups in total. The number of hydrogen-bond donors (Lipinski definition) is 1. The third kappa shape index (κ3) is 13.0. The molecular formula is C29H39BrO10. The van der Waals surface area contributed by atoms with Crippen molar-refractivity contribution in [2.45, 2.75) is 57.9 Å². The second-order valence-electron chi connectivity index (χ2n) is 9.05. The summed E-state index contributed by atoms with van der Waals surface area (Å²) in [4.78, 5) is 43.9. The van der Waals surface area contributed by atoms with E-state index in [1.165, 1.54) is 20.3 Å². The summed E-state index contributed by atoms with van der Waals surface area (Å²) in [6.07, 6.45) is 1.65. The van der Waals surface area contributed by atoms with E-state index in [-0.39, 0.29) is 34.0 Å². The fraction of sp³-hybridized carbons (Fsp3) is 0.448. The normalized spacial score (nSPS) is 10.4. The Balaban J connectivity index is 0.000000618. The third-order valence-electron chi connectivity index (χ3n) is 4.73. The molecule has 0 aliphatic heterocycles. The number of rotatable bonds is 11. The SMILES string of the molecule is CCOC(=O)C(C)(C)Oc1c(C=O)cccc1OC.CCOC(=O)CC(C)(C)Br.COc1cccc(C=O)c1O. The van der Waals surface area contributed by atoms with Gasteiger partial charge in [0.25, 0.3) is 0 Å². The van der Waals surface area contributed by atoms with Gasteiger partial charge in [-0.05, 0) is 65.8 Å². The predicted molar refractivity (Wildman–Crippen MR) is 154 cm³/mol. The van der Waals surface area contributed by atoms with E-state index in [9.17, 15) is 24.3 Å². The van der Waals surface area contributed by atoms with E-state index in [4.69, 9.17) is 23.7 Å².